The number of furan rings is 1. The number of hydrogen-bond donors (Lipinski definition) is 4. The molecule has 2 atom stereocenters. The summed E-state index contributed by atoms with van der Waals surface area (Å²) in [7, 11) is -2.52. The van der Waals surface area contributed by atoms with E-state index in [1.807, 2.05) is 24.3 Å². The monoisotopic (exact) mass is 1130 g/mol. The molecular weight excluding hydrogens is 1070 g/mol. The number of benzene rings is 2. The van der Waals surface area contributed by atoms with E-state index in [1.165, 1.54) is 11.8 Å². The van der Waals surface area contributed by atoms with Crippen LogP contribution in [0.25, 0.3) is 5.69 Å². The number of para-hydroxylation sites is 1. The summed E-state index contributed by atoms with van der Waals surface area (Å²) >= 11 is 28.8. The number of hydrogen-bond acceptors (Lipinski definition) is 12. The predicted molar refractivity (Wildman–Crippen MR) is 260 cm³/mol. The van der Waals surface area contributed by atoms with Crippen LogP contribution in [-0.4, -0.2) is 120 Å². The molecule has 28 heteroatoms. The van der Waals surface area contributed by atoms with Crippen LogP contribution in [0, 0.1) is 12.7 Å². The molecule has 5 rings (SSSR count). The number of aryl methyl sites for hydroxylation is 3. The molecule has 3 heterocycles. The molecule has 1 saturated heterocycles. The van der Waals surface area contributed by atoms with Crippen LogP contribution < -0.4 is 15.9 Å². The third kappa shape index (κ3) is 19.0. The third-order valence-electron chi connectivity index (χ3n) is 9.71. The van der Waals surface area contributed by atoms with Crippen LogP contribution in [0.4, 0.5) is 18.9 Å². The van der Waals surface area contributed by atoms with Crippen molar-refractivity contribution in [1.82, 2.24) is 24.6 Å². The quantitative estimate of drug-likeness (QED) is 0.0322. The zero-order chi connectivity index (χ0) is 54.0. The number of carbonyl (C=O) groups excluding carboxylic acids is 3. The second-order valence-corrected chi connectivity index (χ2v) is 19.1. The van der Waals surface area contributed by atoms with Crippen LogP contribution in [0.1, 0.15) is 75.5 Å². The Hall–Kier alpha value is -4.19. The van der Waals surface area contributed by atoms with Crippen molar-refractivity contribution in [2.75, 3.05) is 50.6 Å². The molecule has 0 aliphatic carbocycles. The fourth-order valence-corrected chi connectivity index (χ4v) is 7.77. The molecule has 4 N–H and O–H groups in total. The van der Waals surface area contributed by atoms with Crippen LogP contribution in [0.5, 0.6) is 0 Å². The van der Waals surface area contributed by atoms with Gasteiger partial charge in [0.2, 0.25) is 5.91 Å². The Kier molecular flexibility index (Phi) is 26.1. The van der Waals surface area contributed by atoms with Crippen molar-refractivity contribution in [3.63, 3.8) is 0 Å². The highest BCUT2D eigenvalue weighted by molar-refractivity contribution is 7.51. The van der Waals surface area contributed by atoms with Crippen LogP contribution in [0.3, 0.4) is 0 Å². The fraction of sp³-hybridized carbons (Fsp3) is 0.488. The van der Waals surface area contributed by atoms with Gasteiger partial charge in [0.25, 0.3) is 5.91 Å². The summed E-state index contributed by atoms with van der Waals surface area (Å²) in [6.45, 7) is 7.73. The number of rotatable bonds is 18. The molecule has 0 saturated carbocycles. The van der Waals surface area contributed by atoms with Gasteiger partial charge in [-0.3, -0.25) is 34.0 Å². The lowest BCUT2D eigenvalue weighted by molar-refractivity contribution is -0.144. The number of methoxy groups -OCH3 is 1. The molecule has 1 aliphatic heterocycles. The normalized spacial score (nSPS) is 14.4. The van der Waals surface area contributed by atoms with Crippen LogP contribution in [-0.2, 0) is 57.2 Å². The van der Waals surface area contributed by atoms with Gasteiger partial charge in [-0.1, -0.05) is 66.8 Å². The summed E-state index contributed by atoms with van der Waals surface area (Å²) in [5.74, 6) is -2.90. The molecule has 2 aromatic carbocycles. The molecule has 0 bridgehead atoms. The SMILES string of the molecule is CC1(C)OC(c2ccco2)CN1C(=O)C(Cl)Cl.CCOC(=O)C(Cl)Cc1cc(-n2nc(C)n(C(F)F)c2=O)c(F)cc1Cl.CCc1cccc(CC)c1N(COC)C(=O)CCl.O=C(O)CNCP(=O)(O)O. The number of amides is 2. The van der Waals surface area contributed by atoms with E-state index in [0.717, 1.165) is 41.8 Å². The van der Waals surface area contributed by atoms with Gasteiger partial charge in [-0.05, 0) is 81.5 Å². The van der Waals surface area contributed by atoms with Gasteiger partial charge in [-0.25, -0.2) is 13.8 Å². The Morgan fingerprint density at radius 1 is 1.04 bits per heavy atom. The average molecular weight is 1130 g/mol. The minimum Gasteiger partial charge on any atom is -0.480 e. The first-order valence-corrected chi connectivity index (χ1v) is 25.2. The summed E-state index contributed by atoms with van der Waals surface area (Å²) in [4.78, 5) is 75.7. The predicted octanol–water partition coefficient (Wildman–Crippen LogP) is 7.75. The standard InChI is InChI=1S/C15H14Cl2F3N3O3.C14H20ClNO2.C11H13Cl2NO3.C3H8NO5P/c1-3-26-13(24)10(17)4-8-5-12(11(18)6-9(8)16)23-15(25)22(14(19)20)7(2)21-23;1-4-11-7-6-8-12(5-2)14(11)16(10-18-3)13(17)9-15;1-11(2)14(10(15)9(12)13)6-8(17-11)7-4-3-5-16-7;5-3(6)1-4-2-10(7,8)9/h5-6,10,14H,3-4H2,1-2H3;6-8H,4-5,9-10H2,1-3H3;3-5,8-9H,6H2,1-2H3;4H,1-2H2,(H,5,6)(H2,7,8,9). The third-order valence-corrected chi connectivity index (χ3v) is 11.6. The van der Waals surface area contributed by atoms with Gasteiger partial charge in [0.15, 0.2) is 10.7 Å². The second-order valence-electron chi connectivity index (χ2n) is 15.2. The smallest absolute Gasteiger partial charge is 0.355 e. The first-order chi connectivity index (χ1) is 33.2. The van der Waals surface area contributed by atoms with E-state index in [2.05, 4.69) is 24.3 Å². The van der Waals surface area contributed by atoms with Crippen LogP contribution in [0.2, 0.25) is 5.02 Å². The Morgan fingerprint density at radius 3 is 2.13 bits per heavy atom. The number of carboxylic acid groups (broad SMARTS) is 1. The highest BCUT2D eigenvalue weighted by atomic mass is 35.5. The second kappa shape index (κ2) is 29.5. The summed E-state index contributed by atoms with van der Waals surface area (Å²) in [5.41, 5.74) is 1.13. The number of carbonyl (C=O) groups is 4. The van der Waals surface area contributed by atoms with Crippen LogP contribution >= 0.6 is 65.6 Å². The van der Waals surface area contributed by atoms with Gasteiger partial charge in [-0.15, -0.1) is 28.3 Å². The number of esters is 1. The number of carboxylic acids is 1. The minimum absolute atomic E-state index is 0.0371. The van der Waals surface area contributed by atoms with Crippen molar-refractivity contribution in [2.24, 2.45) is 0 Å². The van der Waals surface area contributed by atoms with Crippen molar-refractivity contribution in [3.8, 4) is 5.69 Å². The Labute approximate surface area is 432 Å². The molecule has 4 aromatic rings. The molecular formula is C43H55Cl5F3N6O13P. The van der Waals surface area contributed by atoms with E-state index in [4.69, 9.17) is 91.5 Å². The average Bonchev–Trinajstić information content (AvgIpc) is 4.02. The summed E-state index contributed by atoms with van der Waals surface area (Å²) in [5, 5.41) is 12.6. The zero-order valence-electron chi connectivity index (χ0n) is 39.4. The van der Waals surface area contributed by atoms with E-state index in [-0.39, 0.29) is 70.2 Å². The zero-order valence-corrected chi connectivity index (χ0v) is 44.1. The maximum absolute atomic E-state index is 14.2. The topological polar surface area (TPSA) is 245 Å². The molecule has 2 amide bonds. The largest absolute Gasteiger partial charge is 0.480 e. The van der Waals surface area contributed by atoms with E-state index in [1.54, 1.807) is 45.1 Å². The fourth-order valence-electron chi connectivity index (χ4n) is 6.53. The number of aliphatic carboxylic acids is 1. The number of nitrogens with one attached hydrogen (secondary N) is 1. The molecule has 1 aliphatic rings. The number of ether oxygens (including phenoxy) is 3. The number of aromatic nitrogens is 3. The highest BCUT2D eigenvalue weighted by Gasteiger charge is 2.45. The Bertz CT molecular complexity index is 2470. The van der Waals surface area contributed by atoms with E-state index >= 15 is 0 Å². The lowest BCUT2D eigenvalue weighted by Gasteiger charge is -2.29. The van der Waals surface area contributed by atoms with Crippen molar-refractivity contribution in [3.05, 3.63) is 98.3 Å². The van der Waals surface area contributed by atoms with Gasteiger partial charge < -0.3 is 38.4 Å². The number of nitrogens with zero attached hydrogens (tertiary/aromatic N) is 5. The molecule has 1 fully saturated rings. The summed E-state index contributed by atoms with van der Waals surface area (Å²) < 4.78 is 71.7. The maximum atomic E-state index is 14.2. The molecule has 71 heavy (non-hydrogen) atoms. The lowest BCUT2D eigenvalue weighted by atomic mass is 10.0. The Morgan fingerprint density at radius 2 is 1.66 bits per heavy atom. The van der Waals surface area contributed by atoms with E-state index in [9.17, 15) is 41.7 Å². The number of halogens is 8. The summed E-state index contributed by atoms with van der Waals surface area (Å²) in [6.07, 6.45) is 2.32. The minimum atomic E-state index is -4.10. The van der Waals surface area contributed by atoms with Gasteiger partial charge >= 0.3 is 31.8 Å². The van der Waals surface area contributed by atoms with E-state index in [0.29, 0.717) is 17.0 Å². The molecule has 396 valence electrons. The van der Waals surface area contributed by atoms with Crippen molar-refractivity contribution in [2.45, 2.75) is 89.4 Å². The maximum Gasteiger partial charge on any atom is 0.355 e. The summed E-state index contributed by atoms with van der Waals surface area (Å²) in [6, 6.07) is 11.7. The van der Waals surface area contributed by atoms with E-state index < -0.39 is 66.4 Å². The van der Waals surface area contributed by atoms with Crippen molar-refractivity contribution in [1.29, 1.82) is 0 Å². The van der Waals surface area contributed by atoms with Gasteiger partial charge in [0.1, 0.15) is 47.1 Å². The molecule has 19 nitrogen and oxygen atoms in total. The van der Waals surface area contributed by atoms with Crippen molar-refractivity contribution >= 4 is 95.0 Å². The van der Waals surface area contributed by atoms with Crippen molar-refractivity contribution < 1.29 is 70.4 Å². The first-order valence-electron chi connectivity index (χ1n) is 21.2. The van der Waals surface area contributed by atoms with Gasteiger partial charge in [0.05, 0.1) is 37.9 Å². The molecule has 2 unspecified atom stereocenters. The lowest BCUT2D eigenvalue weighted by Crippen LogP contribution is -2.45. The molecule has 2 aromatic heterocycles. The Balaban J connectivity index is 0.000000341. The number of alkyl halides is 6. The molecule has 0 radical (unpaired) electrons. The van der Waals surface area contributed by atoms with Crippen LogP contribution in [0.15, 0.2) is 57.9 Å². The van der Waals surface area contributed by atoms with Gasteiger partial charge in [0, 0.05) is 18.6 Å². The highest BCUT2D eigenvalue weighted by Crippen LogP contribution is 2.37. The number of anilines is 1. The molecule has 0 spiro atoms. The first kappa shape index (κ1) is 62.9. The van der Waals surface area contributed by atoms with Gasteiger partial charge in [-0.2, -0.15) is 13.5 Å².